The van der Waals surface area contributed by atoms with E-state index in [-0.39, 0.29) is 5.92 Å². The number of nitrogens with zero attached hydrogens (tertiary/aromatic N) is 6. The van der Waals surface area contributed by atoms with Crippen LogP contribution in [0.1, 0.15) is 50.8 Å². The molecule has 0 radical (unpaired) electrons. The number of aromatic amines is 2. The second-order valence-electron chi connectivity index (χ2n) is 7.12. The second-order valence-corrected chi connectivity index (χ2v) is 7.90. The minimum absolute atomic E-state index is 0.218. The third kappa shape index (κ3) is 3.69. The van der Waals surface area contributed by atoms with Crippen molar-refractivity contribution >= 4 is 48.0 Å². The molecule has 4 rings (SSSR count). The molecule has 0 saturated heterocycles. The van der Waals surface area contributed by atoms with Crippen molar-refractivity contribution in [2.75, 3.05) is 0 Å². The fourth-order valence-corrected chi connectivity index (χ4v) is 4.30. The van der Waals surface area contributed by atoms with Gasteiger partial charge in [-0.15, -0.1) is 0 Å². The zero-order valence-corrected chi connectivity index (χ0v) is 19.8. The van der Waals surface area contributed by atoms with Crippen molar-refractivity contribution in [1.82, 2.24) is 35.1 Å². The summed E-state index contributed by atoms with van der Waals surface area (Å²) in [6, 6.07) is 10.2. The van der Waals surface area contributed by atoms with Crippen molar-refractivity contribution in [3.63, 3.8) is 0 Å². The minimum atomic E-state index is -0.218. The molecule has 2 aromatic heterocycles. The summed E-state index contributed by atoms with van der Waals surface area (Å²) < 4.78 is 4.09. The number of benzene rings is 1. The summed E-state index contributed by atoms with van der Waals surface area (Å²) in [5.74, 6) is 1.03. The van der Waals surface area contributed by atoms with E-state index >= 15 is 0 Å². The van der Waals surface area contributed by atoms with Crippen molar-refractivity contribution in [1.29, 1.82) is 0 Å². The smallest absolute Gasteiger partial charge is 0.216 e. The molecule has 32 heavy (non-hydrogen) atoms. The van der Waals surface area contributed by atoms with Gasteiger partial charge in [-0.25, -0.2) is 10.2 Å². The van der Waals surface area contributed by atoms with Crippen molar-refractivity contribution in [3.8, 4) is 0 Å². The Bertz CT molecular complexity index is 1290. The van der Waals surface area contributed by atoms with Gasteiger partial charge >= 0.3 is 0 Å². The van der Waals surface area contributed by atoms with E-state index in [1.165, 1.54) is 0 Å². The van der Waals surface area contributed by atoms with Crippen molar-refractivity contribution < 1.29 is 0 Å². The number of aromatic nitrogens is 6. The monoisotopic (exact) mass is 465 g/mol. The summed E-state index contributed by atoms with van der Waals surface area (Å²) in [7, 11) is 0. The number of rotatable bonds is 5. The van der Waals surface area contributed by atoms with Gasteiger partial charge in [-0.05, 0) is 57.7 Å². The molecule has 0 atom stereocenters. The average Bonchev–Trinajstić information content (AvgIpc) is 3.32. The summed E-state index contributed by atoms with van der Waals surface area (Å²) >= 11 is 10.9. The Morgan fingerprint density at radius 1 is 0.844 bits per heavy atom. The molecular weight excluding hydrogens is 442 g/mol. The Labute approximate surface area is 195 Å². The highest BCUT2D eigenvalue weighted by Crippen LogP contribution is 2.46. The highest BCUT2D eigenvalue weighted by molar-refractivity contribution is 7.71. The minimum Gasteiger partial charge on any atom is -0.362 e. The highest BCUT2D eigenvalue weighted by Gasteiger charge is 2.35. The quantitative estimate of drug-likeness (QED) is 0.381. The molecule has 0 unspecified atom stereocenters. The van der Waals surface area contributed by atoms with E-state index in [9.17, 15) is 0 Å². The van der Waals surface area contributed by atoms with Crippen LogP contribution in [0.15, 0.2) is 51.9 Å². The summed E-state index contributed by atoms with van der Waals surface area (Å²) in [6.07, 6.45) is 3.36. The molecule has 0 amide bonds. The predicted octanol–water partition coefficient (Wildman–Crippen LogP) is 4.45. The first-order valence-corrected chi connectivity index (χ1v) is 10.9. The van der Waals surface area contributed by atoms with Crippen LogP contribution in [0.5, 0.6) is 0 Å². The fourth-order valence-electron chi connectivity index (χ4n) is 3.94. The van der Waals surface area contributed by atoms with Gasteiger partial charge in [0.2, 0.25) is 9.54 Å². The molecule has 3 aromatic rings. The summed E-state index contributed by atoms with van der Waals surface area (Å²) in [5.41, 5.74) is 4.81. The summed E-state index contributed by atoms with van der Waals surface area (Å²) in [5, 5.41) is 27.1. The van der Waals surface area contributed by atoms with Crippen LogP contribution in [0, 0.1) is 9.54 Å². The number of hydrogen-bond donors (Lipinski definition) is 3. The van der Waals surface area contributed by atoms with Crippen LogP contribution < -0.4 is 5.32 Å². The maximum absolute atomic E-state index is 5.43. The van der Waals surface area contributed by atoms with E-state index in [4.69, 9.17) is 24.4 Å². The molecule has 11 heteroatoms. The number of nitrogens with one attached hydrogen (secondary N) is 3. The van der Waals surface area contributed by atoms with Crippen molar-refractivity contribution in [2.45, 2.75) is 33.6 Å². The van der Waals surface area contributed by atoms with Crippen LogP contribution in [-0.2, 0) is 0 Å². The molecule has 164 valence electrons. The highest BCUT2D eigenvalue weighted by atomic mass is 32.1. The van der Waals surface area contributed by atoms with Crippen LogP contribution in [-0.4, -0.2) is 42.2 Å². The lowest BCUT2D eigenvalue weighted by molar-refractivity contribution is 0.794. The molecule has 1 aliphatic heterocycles. The fraction of sp³-hybridized carbons (Fsp3) is 0.238. The van der Waals surface area contributed by atoms with Crippen molar-refractivity contribution in [3.05, 3.63) is 68.5 Å². The second kappa shape index (κ2) is 8.97. The normalized spacial score (nSPS) is 17.1. The third-order valence-electron chi connectivity index (χ3n) is 5.14. The molecule has 3 N–H and O–H groups in total. The van der Waals surface area contributed by atoms with Crippen LogP contribution >= 0.6 is 24.4 Å². The van der Waals surface area contributed by atoms with Gasteiger partial charge in [-0.2, -0.15) is 29.8 Å². The molecule has 0 aliphatic carbocycles. The summed E-state index contributed by atoms with van der Waals surface area (Å²) in [4.78, 5) is 0. The van der Waals surface area contributed by atoms with Gasteiger partial charge in [0.15, 0.2) is 11.6 Å². The molecule has 3 heterocycles. The Morgan fingerprint density at radius 3 is 1.75 bits per heavy atom. The van der Waals surface area contributed by atoms with Crippen LogP contribution in [0.25, 0.3) is 11.1 Å². The zero-order valence-electron chi connectivity index (χ0n) is 18.1. The molecule has 0 fully saturated rings. The van der Waals surface area contributed by atoms with Gasteiger partial charge in [-0.3, -0.25) is 0 Å². The number of allylic oxidation sites excluding steroid dienone is 4. The first-order valence-electron chi connectivity index (χ1n) is 10.0. The molecule has 1 aromatic carbocycles. The first kappa shape index (κ1) is 21.8. The van der Waals surface area contributed by atoms with E-state index in [1.807, 2.05) is 45.9 Å². The Hall–Kier alpha value is -3.44. The molecular formula is C21H23N9S2. The number of H-pyrrole nitrogens is 2. The van der Waals surface area contributed by atoms with Gasteiger partial charge < -0.3 is 5.32 Å². The first-order chi connectivity index (χ1) is 15.5. The Kier molecular flexibility index (Phi) is 6.10. The maximum atomic E-state index is 5.43. The summed E-state index contributed by atoms with van der Waals surface area (Å²) in [6.45, 7) is 7.71. The van der Waals surface area contributed by atoms with Crippen molar-refractivity contribution in [2.24, 2.45) is 10.2 Å². The van der Waals surface area contributed by atoms with Gasteiger partial charge in [-0.1, -0.05) is 30.3 Å². The van der Waals surface area contributed by atoms with Crippen LogP contribution in [0.2, 0.25) is 0 Å². The SMILES string of the molecule is CC=Nn1c(C2=C(C)NC(C)=C(c3n[nH]c(=S)n3N=CC)C2c2ccccc2)n[nH]c1=S. The lowest BCUT2D eigenvalue weighted by Crippen LogP contribution is -2.25. The average molecular weight is 466 g/mol. The third-order valence-corrected chi connectivity index (χ3v) is 5.67. The van der Waals surface area contributed by atoms with Gasteiger partial charge in [0, 0.05) is 40.9 Å². The van der Waals surface area contributed by atoms with Crippen LogP contribution in [0.3, 0.4) is 0 Å². The largest absolute Gasteiger partial charge is 0.362 e. The predicted molar refractivity (Wildman–Crippen MR) is 131 cm³/mol. The zero-order chi connectivity index (χ0) is 22.8. The number of dihydropyridines is 1. The maximum Gasteiger partial charge on any atom is 0.216 e. The molecule has 9 nitrogen and oxygen atoms in total. The van der Waals surface area contributed by atoms with Gasteiger partial charge in [0.1, 0.15) is 0 Å². The molecule has 0 spiro atoms. The van der Waals surface area contributed by atoms with E-state index in [0.29, 0.717) is 21.2 Å². The molecule has 0 saturated carbocycles. The van der Waals surface area contributed by atoms with Gasteiger partial charge in [0.25, 0.3) is 0 Å². The van der Waals surface area contributed by atoms with Crippen LogP contribution in [0.4, 0.5) is 0 Å². The lowest BCUT2D eigenvalue weighted by atomic mass is 9.79. The van der Waals surface area contributed by atoms with Gasteiger partial charge in [0.05, 0.1) is 0 Å². The van der Waals surface area contributed by atoms with E-state index in [0.717, 1.165) is 28.1 Å². The molecule has 1 aliphatic rings. The van der Waals surface area contributed by atoms with E-state index in [1.54, 1.807) is 21.8 Å². The topological polar surface area (TPSA) is 104 Å². The number of hydrogen-bond acceptors (Lipinski definition) is 7. The standard InChI is InChI=1S/C21H23N9S2/c1-5-22-29-18(25-27-20(29)31)15-12(3)24-13(4)16(17(15)14-10-8-7-9-11-14)19-26-28-21(32)30(19)23-6-2/h5-11,17,24H,1-4H3,(H,27,31)(H,28,32). The lowest BCUT2D eigenvalue weighted by Gasteiger charge is -2.31. The van der Waals surface area contributed by atoms with E-state index in [2.05, 4.69) is 48.0 Å². The molecule has 0 bridgehead atoms. The Balaban J connectivity index is 2.03. The Morgan fingerprint density at radius 2 is 1.31 bits per heavy atom. The van der Waals surface area contributed by atoms with E-state index < -0.39 is 0 Å².